The molecule has 0 fully saturated rings. The zero-order valence-electron chi connectivity index (χ0n) is 43.4. The minimum Gasteiger partial charge on any atom is -0.385 e. The Labute approximate surface area is 444 Å². The SMILES string of the molecule is CC1=CC(=Nc2cnc(N)cc2Nc2ccccc2)CC=C1NCCCCCCNC(=O)c1ccc(-c2ccc(C(=O)NCCCCCCNc3cc4c(cc3C)nc3cnc(N)cc3[n+]4-c3ccccc3)cc2)cc1. The summed E-state index contributed by atoms with van der Waals surface area (Å²) in [6.07, 6.45) is 16.5. The molecule has 386 valence electrons. The Hall–Kier alpha value is -8.91. The number of nitrogens with two attached hydrogens (primary N) is 2. The number of nitrogen functional groups attached to an aromatic ring is 2. The summed E-state index contributed by atoms with van der Waals surface area (Å²) in [6, 6.07) is 43.4. The highest BCUT2D eigenvalue weighted by molar-refractivity contribution is 6.01. The van der Waals surface area contributed by atoms with Crippen LogP contribution in [0, 0.1) is 6.92 Å². The Balaban J connectivity index is 0.634. The number of para-hydroxylation sites is 2. The molecule has 3 heterocycles. The van der Waals surface area contributed by atoms with Crippen molar-refractivity contribution in [2.45, 2.75) is 71.6 Å². The molecule has 0 bridgehead atoms. The van der Waals surface area contributed by atoms with E-state index in [2.05, 4.69) is 91.4 Å². The average molecular weight is 1010 g/mol. The molecular formula is C62H67N12O2+. The molecule has 5 aromatic carbocycles. The van der Waals surface area contributed by atoms with E-state index >= 15 is 0 Å². The maximum absolute atomic E-state index is 13.0. The maximum atomic E-state index is 13.0. The van der Waals surface area contributed by atoms with Crippen molar-refractivity contribution in [1.29, 1.82) is 0 Å². The molecule has 0 unspecified atom stereocenters. The second-order valence-corrected chi connectivity index (χ2v) is 19.3. The Morgan fingerprint density at radius 3 is 1.79 bits per heavy atom. The molecule has 0 saturated carbocycles. The number of anilines is 5. The maximum Gasteiger partial charge on any atom is 0.251 e. The van der Waals surface area contributed by atoms with Crippen LogP contribution in [0.5, 0.6) is 0 Å². The van der Waals surface area contributed by atoms with Crippen LogP contribution in [0.4, 0.5) is 34.4 Å². The third-order valence-electron chi connectivity index (χ3n) is 13.5. The highest BCUT2D eigenvalue weighted by Gasteiger charge is 2.22. The van der Waals surface area contributed by atoms with E-state index in [1.807, 2.05) is 109 Å². The summed E-state index contributed by atoms with van der Waals surface area (Å²) in [5, 5.41) is 16.8. The molecule has 0 radical (unpaired) electrons. The Morgan fingerprint density at radius 1 is 0.592 bits per heavy atom. The number of nitrogens with zero attached hydrogens (tertiary/aromatic N) is 5. The minimum absolute atomic E-state index is 0.0759. The van der Waals surface area contributed by atoms with Gasteiger partial charge in [-0.1, -0.05) is 92.4 Å². The van der Waals surface area contributed by atoms with Crippen LogP contribution in [0.25, 0.3) is 38.9 Å². The minimum atomic E-state index is -0.0794. The van der Waals surface area contributed by atoms with Gasteiger partial charge in [-0.3, -0.25) is 9.59 Å². The van der Waals surface area contributed by atoms with Crippen LogP contribution in [0.3, 0.4) is 0 Å². The lowest BCUT2D eigenvalue weighted by Gasteiger charge is -2.17. The van der Waals surface area contributed by atoms with Gasteiger partial charge in [-0.15, -0.1) is 4.57 Å². The monoisotopic (exact) mass is 1010 g/mol. The number of carbonyl (C=O) groups is 2. The zero-order chi connectivity index (χ0) is 52.6. The number of nitrogens with one attached hydrogen (secondary N) is 5. The second kappa shape index (κ2) is 25.4. The first-order valence-corrected chi connectivity index (χ1v) is 26.4. The van der Waals surface area contributed by atoms with Gasteiger partial charge >= 0.3 is 0 Å². The molecule has 8 aromatic rings. The lowest BCUT2D eigenvalue weighted by Crippen LogP contribution is -2.33. The first kappa shape index (κ1) is 52.0. The van der Waals surface area contributed by atoms with Crippen molar-refractivity contribution in [2.24, 2.45) is 4.99 Å². The molecule has 9 rings (SSSR count). The Morgan fingerprint density at radius 2 is 1.16 bits per heavy atom. The number of rotatable bonds is 23. The van der Waals surface area contributed by atoms with Crippen molar-refractivity contribution in [2.75, 3.05) is 48.3 Å². The predicted octanol–water partition coefficient (Wildman–Crippen LogP) is 11.6. The van der Waals surface area contributed by atoms with E-state index in [1.54, 1.807) is 12.4 Å². The molecule has 0 atom stereocenters. The summed E-state index contributed by atoms with van der Waals surface area (Å²) in [7, 11) is 0. The van der Waals surface area contributed by atoms with Crippen LogP contribution < -0.4 is 42.6 Å². The normalized spacial score (nSPS) is 12.8. The smallest absolute Gasteiger partial charge is 0.251 e. The average Bonchev–Trinajstić information content (AvgIpc) is 3.43. The van der Waals surface area contributed by atoms with E-state index in [0.717, 1.165) is 149 Å². The fraction of sp³-hybridized carbons (Fsp3) is 0.242. The van der Waals surface area contributed by atoms with E-state index in [4.69, 9.17) is 21.4 Å². The van der Waals surface area contributed by atoms with Crippen LogP contribution in [0.1, 0.15) is 91.0 Å². The number of benzene rings is 5. The van der Waals surface area contributed by atoms with E-state index in [0.29, 0.717) is 42.3 Å². The molecule has 14 heteroatoms. The second-order valence-electron chi connectivity index (χ2n) is 19.3. The summed E-state index contributed by atoms with van der Waals surface area (Å²) in [5.41, 5.74) is 27.9. The number of allylic oxidation sites excluding steroid dienone is 3. The van der Waals surface area contributed by atoms with Gasteiger partial charge in [0.15, 0.2) is 5.52 Å². The van der Waals surface area contributed by atoms with Crippen LogP contribution in [-0.4, -0.2) is 58.7 Å². The molecule has 1 aliphatic carbocycles. The van der Waals surface area contributed by atoms with Crippen molar-refractivity contribution in [3.8, 4) is 16.8 Å². The molecule has 14 nitrogen and oxygen atoms in total. The van der Waals surface area contributed by atoms with Crippen molar-refractivity contribution in [3.63, 3.8) is 0 Å². The van der Waals surface area contributed by atoms with E-state index in [9.17, 15) is 9.59 Å². The van der Waals surface area contributed by atoms with Crippen LogP contribution in [-0.2, 0) is 0 Å². The number of aryl methyl sites for hydroxylation is 1. The third kappa shape index (κ3) is 13.6. The predicted molar refractivity (Wildman–Crippen MR) is 310 cm³/mol. The fourth-order valence-electron chi connectivity index (χ4n) is 9.39. The molecule has 9 N–H and O–H groups in total. The van der Waals surface area contributed by atoms with Gasteiger partial charge in [-0.2, -0.15) is 0 Å². The largest absolute Gasteiger partial charge is 0.385 e. The number of hydrogen-bond donors (Lipinski definition) is 7. The van der Waals surface area contributed by atoms with Gasteiger partial charge in [0.2, 0.25) is 16.7 Å². The van der Waals surface area contributed by atoms with Crippen molar-refractivity contribution >= 4 is 74.0 Å². The summed E-state index contributed by atoms with van der Waals surface area (Å²) in [6.45, 7) is 7.17. The molecule has 0 saturated heterocycles. The fourth-order valence-corrected chi connectivity index (χ4v) is 9.39. The van der Waals surface area contributed by atoms with Crippen LogP contribution >= 0.6 is 0 Å². The quantitative estimate of drug-likeness (QED) is 0.0184. The lowest BCUT2D eigenvalue weighted by atomic mass is 10.0. The summed E-state index contributed by atoms with van der Waals surface area (Å²) in [5.74, 6) is 0.731. The van der Waals surface area contributed by atoms with Crippen LogP contribution in [0.2, 0.25) is 0 Å². The number of aromatic nitrogens is 4. The van der Waals surface area contributed by atoms with Crippen molar-refractivity contribution in [3.05, 3.63) is 186 Å². The molecular weight excluding hydrogens is 945 g/mol. The van der Waals surface area contributed by atoms with Gasteiger partial charge in [0, 0.05) is 90.8 Å². The van der Waals surface area contributed by atoms with Gasteiger partial charge in [-0.05, 0) is 110 Å². The van der Waals surface area contributed by atoms with Gasteiger partial charge in [-0.25, -0.2) is 19.9 Å². The number of hydrogen-bond acceptors (Lipinski definition) is 11. The molecule has 2 amide bonds. The Kier molecular flexibility index (Phi) is 17.3. The lowest BCUT2D eigenvalue weighted by molar-refractivity contribution is -0.538. The van der Waals surface area contributed by atoms with Gasteiger partial charge < -0.3 is 38.1 Å². The van der Waals surface area contributed by atoms with Crippen molar-refractivity contribution < 1.29 is 14.2 Å². The molecule has 1 aliphatic rings. The third-order valence-corrected chi connectivity index (χ3v) is 13.5. The van der Waals surface area contributed by atoms with Gasteiger partial charge in [0.05, 0.1) is 24.1 Å². The zero-order valence-corrected chi connectivity index (χ0v) is 43.4. The summed E-state index contributed by atoms with van der Waals surface area (Å²) < 4.78 is 2.19. The topological polar surface area (TPSA) is 201 Å². The molecule has 76 heavy (non-hydrogen) atoms. The summed E-state index contributed by atoms with van der Waals surface area (Å²) >= 11 is 0. The first-order chi connectivity index (χ1) is 37.1. The highest BCUT2D eigenvalue weighted by Crippen LogP contribution is 2.31. The van der Waals surface area contributed by atoms with Gasteiger partial charge in [0.25, 0.3) is 11.8 Å². The van der Waals surface area contributed by atoms with E-state index < -0.39 is 0 Å². The molecule has 0 spiro atoms. The number of unbranched alkanes of at least 4 members (excludes halogenated alkanes) is 6. The molecule has 0 aliphatic heterocycles. The Bertz CT molecular complexity index is 3390. The molecule has 3 aromatic heterocycles. The van der Waals surface area contributed by atoms with Gasteiger partial charge in [0.1, 0.15) is 22.8 Å². The number of amides is 2. The van der Waals surface area contributed by atoms with Crippen LogP contribution in [0.15, 0.2) is 174 Å². The summed E-state index contributed by atoms with van der Waals surface area (Å²) in [4.78, 5) is 44.3. The number of pyridine rings is 2. The number of carbonyl (C=O) groups excluding carboxylic acids is 2. The van der Waals surface area contributed by atoms with E-state index in [-0.39, 0.29) is 11.8 Å². The van der Waals surface area contributed by atoms with Crippen molar-refractivity contribution in [1.82, 2.24) is 30.9 Å². The standard InChI is InChI=1S/C62H66N12O2/c1-42-35-49(72-55-40-69-59(63)38-53(55)71-48-17-9-7-10-18-48)29-30-51(42)65-31-13-3-5-15-33-67-61(75)46-25-21-44(22-26-46)45-23-27-47(28-24-45)62(76)68-34-16-6-4-14-32-66-52-37-57-54(36-43(52)2)73-56-41-70-60(64)39-58(56)74(57)50-19-11-8-12-20-50/h7-12,17-28,30,35-41,65H,3-6,13-16,29,31-34H2,1-2H3,(H7,63,64,66,67,68,69,70,71,75,76)/p+1. The van der Waals surface area contributed by atoms with E-state index in [1.165, 1.54) is 0 Å². The first-order valence-electron chi connectivity index (χ1n) is 26.4. The number of fused-ring (bicyclic) bond motifs is 2. The highest BCUT2D eigenvalue weighted by atomic mass is 16.2. The number of aliphatic imine (C=N–C) groups is 1.